The van der Waals surface area contributed by atoms with E-state index in [0.29, 0.717) is 36.5 Å². The molecule has 6 nitrogen and oxygen atoms in total. The van der Waals surface area contributed by atoms with Crippen molar-refractivity contribution in [2.24, 2.45) is 0 Å². The second kappa shape index (κ2) is 8.14. The van der Waals surface area contributed by atoms with Crippen molar-refractivity contribution >= 4 is 23.4 Å². The highest BCUT2D eigenvalue weighted by molar-refractivity contribution is 6.32. The van der Waals surface area contributed by atoms with E-state index in [4.69, 9.17) is 21.1 Å². The lowest BCUT2D eigenvalue weighted by Crippen LogP contribution is -2.39. The van der Waals surface area contributed by atoms with E-state index in [2.05, 4.69) is 27.1 Å². The van der Waals surface area contributed by atoms with Crippen LogP contribution in [0.25, 0.3) is 0 Å². The van der Waals surface area contributed by atoms with Gasteiger partial charge in [-0.05, 0) is 6.92 Å². The van der Waals surface area contributed by atoms with E-state index in [1.807, 2.05) is 0 Å². The quantitative estimate of drug-likeness (QED) is 0.785. The molecule has 0 aliphatic rings. The molecular formula is C12H21ClN4O2. The van der Waals surface area contributed by atoms with Crippen LogP contribution in [0.4, 0.5) is 11.8 Å². The third-order valence-electron chi connectivity index (χ3n) is 2.70. The fraction of sp³-hybridized carbons (Fsp3) is 0.667. The second-order valence-electron chi connectivity index (χ2n) is 4.11. The molecule has 0 aromatic carbocycles. The zero-order chi connectivity index (χ0) is 14.3. The van der Waals surface area contributed by atoms with E-state index in [1.165, 1.54) is 0 Å². The van der Waals surface area contributed by atoms with E-state index in [0.717, 1.165) is 0 Å². The van der Waals surface area contributed by atoms with Gasteiger partial charge in [0.2, 0.25) is 5.95 Å². The molecular weight excluding hydrogens is 268 g/mol. The summed E-state index contributed by atoms with van der Waals surface area (Å²) in [6.45, 7) is 3.90. The number of methoxy groups -OCH3 is 2. The third-order valence-corrected chi connectivity index (χ3v) is 2.96. The third kappa shape index (κ3) is 4.49. The first-order valence-electron chi connectivity index (χ1n) is 6.08. The highest BCUT2D eigenvalue weighted by atomic mass is 35.5. The Balaban J connectivity index is 3.00. The van der Waals surface area contributed by atoms with Crippen LogP contribution in [0, 0.1) is 0 Å². The Hall–Kier alpha value is -1.11. The molecule has 0 saturated heterocycles. The number of nitrogens with zero attached hydrogens (tertiary/aromatic N) is 3. The van der Waals surface area contributed by atoms with Crippen LogP contribution in [-0.2, 0) is 9.47 Å². The predicted molar refractivity (Wildman–Crippen MR) is 77.1 cm³/mol. The molecule has 1 atom stereocenters. The lowest BCUT2D eigenvalue weighted by atomic mass is 10.3. The summed E-state index contributed by atoms with van der Waals surface area (Å²) in [4.78, 5) is 10.5. The van der Waals surface area contributed by atoms with Crippen molar-refractivity contribution in [3.8, 4) is 0 Å². The molecule has 1 unspecified atom stereocenters. The van der Waals surface area contributed by atoms with Crippen molar-refractivity contribution in [3.63, 3.8) is 0 Å². The van der Waals surface area contributed by atoms with Gasteiger partial charge in [0.15, 0.2) is 5.82 Å². The molecule has 0 radical (unpaired) electrons. The van der Waals surface area contributed by atoms with E-state index in [9.17, 15) is 0 Å². The zero-order valence-corrected chi connectivity index (χ0v) is 12.6. The van der Waals surface area contributed by atoms with Gasteiger partial charge in [-0.1, -0.05) is 11.6 Å². The summed E-state index contributed by atoms with van der Waals surface area (Å²) in [6.07, 6.45) is 1.59. The predicted octanol–water partition coefficient (Wildman–Crippen LogP) is 1.66. The molecule has 0 bridgehead atoms. The minimum atomic E-state index is 0.136. The van der Waals surface area contributed by atoms with Crippen molar-refractivity contribution in [1.82, 2.24) is 9.97 Å². The van der Waals surface area contributed by atoms with Gasteiger partial charge in [-0.3, -0.25) is 0 Å². The van der Waals surface area contributed by atoms with Crippen molar-refractivity contribution < 1.29 is 9.47 Å². The number of halogens is 1. The van der Waals surface area contributed by atoms with Gasteiger partial charge in [-0.2, -0.15) is 4.98 Å². The van der Waals surface area contributed by atoms with Crippen LogP contribution in [0.3, 0.4) is 0 Å². The lowest BCUT2D eigenvalue weighted by molar-refractivity contribution is 0.170. The highest BCUT2D eigenvalue weighted by Gasteiger charge is 2.19. The van der Waals surface area contributed by atoms with E-state index in [-0.39, 0.29) is 6.04 Å². The van der Waals surface area contributed by atoms with Crippen molar-refractivity contribution in [2.45, 2.75) is 13.0 Å². The van der Waals surface area contributed by atoms with Gasteiger partial charge in [-0.15, -0.1) is 0 Å². The van der Waals surface area contributed by atoms with Crippen LogP contribution in [0.15, 0.2) is 6.20 Å². The summed E-state index contributed by atoms with van der Waals surface area (Å²) in [7, 11) is 5.11. The monoisotopic (exact) mass is 288 g/mol. The van der Waals surface area contributed by atoms with Crippen LogP contribution < -0.4 is 10.2 Å². The molecule has 0 amide bonds. The molecule has 1 rings (SSSR count). The first-order valence-corrected chi connectivity index (χ1v) is 6.46. The maximum Gasteiger partial charge on any atom is 0.224 e. The number of hydrogen-bond acceptors (Lipinski definition) is 6. The molecule has 108 valence electrons. The van der Waals surface area contributed by atoms with Gasteiger partial charge >= 0.3 is 0 Å². The number of nitrogens with one attached hydrogen (secondary N) is 1. The molecule has 0 spiro atoms. The van der Waals surface area contributed by atoms with Gasteiger partial charge in [0, 0.05) is 27.8 Å². The molecule has 1 aromatic heterocycles. The highest BCUT2D eigenvalue weighted by Crippen LogP contribution is 2.25. The van der Waals surface area contributed by atoms with Crippen molar-refractivity contribution in [1.29, 1.82) is 0 Å². The second-order valence-corrected chi connectivity index (χ2v) is 4.51. The van der Waals surface area contributed by atoms with Crippen LogP contribution in [0.1, 0.15) is 6.92 Å². The molecule has 0 aliphatic carbocycles. The molecule has 19 heavy (non-hydrogen) atoms. The van der Waals surface area contributed by atoms with Gasteiger partial charge in [0.1, 0.15) is 5.02 Å². The van der Waals surface area contributed by atoms with Gasteiger partial charge in [-0.25, -0.2) is 4.98 Å². The summed E-state index contributed by atoms with van der Waals surface area (Å²) in [5.41, 5.74) is 0. The SMILES string of the molecule is CNc1ncc(Cl)c(N(CCOC)C(C)COC)n1. The average molecular weight is 289 g/mol. The van der Waals surface area contributed by atoms with Gasteiger partial charge < -0.3 is 19.7 Å². The molecule has 0 fully saturated rings. The first kappa shape index (κ1) is 15.9. The number of anilines is 2. The van der Waals surface area contributed by atoms with Crippen molar-refractivity contribution in [2.75, 3.05) is 51.2 Å². The van der Waals surface area contributed by atoms with Crippen LogP contribution in [0.2, 0.25) is 5.02 Å². The molecule has 0 aliphatic heterocycles. The Morgan fingerprint density at radius 1 is 1.42 bits per heavy atom. The van der Waals surface area contributed by atoms with Crippen LogP contribution in [0.5, 0.6) is 0 Å². The van der Waals surface area contributed by atoms with Gasteiger partial charge in [0.05, 0.1) is 25.5 Å². The normalized spacial score (nSPS) is 12.3. The van der Waals surface area contributed by atoms with E-state index in [1.54, 1.807) is 27.5 Å². The summed E-state index contributed by atoms with van der Waals surface area (Å²) < 4.78 is 10.3. The Labute approximate surface area is 119 Å². The summed E-state index contributed by atoms with van der Waals surface area (Å²) in [5.74, 6) is 1.22. The molecule has 0 saturated carbocycles. The Bertz CT molecular complexity index is 392. The number of aromatic nitrogens is 2. The van der Waals surface area contributed by atoms with Crippen LogP contribution >= 0.6 is 11.6 Å². The summed E-state index contributed by atoms with van der Waals surface area (Å²) in [6, 6.07) is 0.136. The number of ether oxygens (including phenoxy) is 2. The molecule has 1 N–H and O–H groups in total. The van der Waals surface area contributed by atoms with Crippen LogP contribution in [-0.4, -0.2) is 57.0 Å². The van der Waals surface area contributed by atoms with E-state index < -0.39 is 0 Å². The first-order chi connectivity index (χ1) is 9.13. The largest absolute Gasteiger partial charge is 0.383 e. The fourth-order valence-electron chi connectivity index (χ4n) is 1.74. The number of hydrogen-bond donors (Lipinski definition) is 1. The standard InChI is InChI=1S/C12H21ClN4O2/c1-9(8-19-4)17(5-6-18-3)11-10(13)7-15-12(14-2)16-11/h7,9H,5-6,8H2,1-4H3,(H,14,15,16). The molecule has 7 heteroatoms. The molecule has 1 heterocycles. The Morgan fingerprint density at radius 2 is 2.16 bits per heavy atom. The summed E-state index contributed by atoms with van der Waals surface area (Å²) in [5, 5.41) is 3.42. The summed E-state index contributed by atoms with van der Waals surface area (Å²) >= 11 is 6.20. The van der Waals surface area contributed by atoms with Crippen molar-refractivity contribution in [3.05, 3.63) is 11.2 Å². The average Bonchev–Trinajstić information content (AvgIpc) is 2.41. The smallest absolute Gasteiger partial charge is 0.224 e. The lowest BCUT2D eigenvalue weighted by Gasteiger charge is -2.30. The topological polar surface area (TPSA) is 59.5 Å². The maximum atomic E-state index is 6.20. The number of rotatable bonds is 8. The minimum absolute atomic E-state index is 0.136. The minimum Gasteiger partial charge on any atom is -0.383 e. The Kier molecular flexibility index (Phi) is 6.83. The van der Waals surface area contributed by atoms with Gasteiger partial charge in [0.25, 0.3) is 0 Å². The zero-order valence-electron chi connectivity index (χ0n) is 11.8. The molecule has 1 aromatic rings. The Morgan fingerprint density at radius 3 is 2.74 bits per heavy atom. The fourth-order valence-corrected chi connectivity index (χ4v) is 1.94. The van der Waals surface area contributed by atoms with E-state index >= 15 is 0 Å². The maximum absolute atomic E-state index is 6.20.